The van der Waals surface area contributed by atoms with E-state index in [4.69, 9.17) is 39.9 Å². The molecule has 0 radical (unpaired) electrons. The number of pyridine rings is 4. The van der Waals surface area contributed by atoms with E-state index < -0.39 is 11.9 Å². The molecule has 0 aliphatic carbocycles. The van der Waals surface area contributed by atoms with Gasteiger partial charge in [0, 0.05) is 57.9 Å². The largest absolute Gasteiger partial charge is 0.492 e. The van der Waals surface area contributed by atoms with E-state index in [1.165, 1.54) is 46.4 Å². The molecule has 1 aliphatic heterocycles. The molecule has 88 heavy (non-hydrogen) atoms. The first-order valence-corrected chi connectivity index (χ1v) is 31.4. The van der Waals surface area contributed by atoms with Crippen molar-refractivity contribution >= 4 is 135 Å². The number of nitrogens with zero attached hydrogens (tertiary/aromatic N) is 8. The third-order valence-electron chi connectivity index (χ3n) is 13.8. The summed E-state index contributed by atoms with van der Waals surface area (Å²) in [5, 5.41) is 13.2. The molecule has 19 nitrogen and oxygen atoms in total. The molecular formula is C62H83BClN8O11PdS4-. The molecule has 0 saturated carbocycles. The molecule has 0 spiro atoms. The van der Waals surface area contributed by atoms with Crippen LogP contribution in [0.25, 0.3) is 47.0 Å². The van der Waals surface area contributed by atoms with E-state index in [2.05, 4.69) is 66.9 Å². The first-order chi connectivity index (χ1) is 40.1. The van der Waals surface area contributed by atoms with Crippen molar-refractivity contribution in [3.05, 3.63) is 115 Å². The summed E-state index contributed by atoms with van der Waals surface area (Å²) in [6, 6.07) is 0. The second kappa shape index (κ2) is 35.1. The predicted octanol–water partition coefficient (Wildman–Crippen LogP) is 16.2. The Hall–Kier alpha value is -5.58. The summed E-state index contributed by atoms with van der Waals surface area (Å²) in [7, 11) is 1.29. The van der Waals surface area contributed by atoms with Crippen molar-refractivity contribution in [1.82, 2.24) is 39.9 Å². The zero-order chi connectivity index (χ0) is 63.2. The summed E-state index contributed by atoms with van der Waals surface area (Å²) >= 11 is 12.1. The van der Waals surface area contributed by atoms with Gasteiger partial charge >= 0.3 is 31.0 Å². The number of methoxy groups -OCH3 is 1. The van der Waals surface area contributed by atoms with Crippen LogP contribution in [0.4, 0.5) is 0 Å². The van der Waals surface area contributed by atoms with E-state index in [1.54, 1.807) is 51.6 Å². The average Bonchev–Trinajstić information content (AvgIpc) is 3.93. The zero-order valence-corrected chi connectivity index (χ0v) is 58.4. The number of thiazole rings is 4. The number of ether oxygens (including phenoxy) is 4. The van der Waals surface area contributed by atoms with Crippen LogP contribution < -0.4 is 0 Å². The number of carbonyl (C=O) groups is 4. The predicted molar refractivity (Wildman–Crippen MR) is 355 cm³/mol. The minimum atomic E-state index is -0.930. The summed E-state index contributed by atoms with van der Waals surface area (Å²) in [5.41, 5.74) is 8.12. The molecule has 2 atom stereocenters. The quantitative estimate of drug-likeness (QED) is 0.0409. The number of halogens is 1. The van der Waals surface area contributed by atoms with Gasteiger partial charge in [-0.25, -0.2) is 59.0 Å². The molecule has 1 saturated heterocycles. The smallest absolute Gasteiger partial charge is 0.478 e. The Morgan fingerprint density at radius 2 is 0.943 bits per heavy atom. The van der Waals surface area contributed by atoms with E-state index in [1.807, 2.05) is 76.2 Å². The molecule has 8 aromatic heterocycles. The molecule has 0 bridgehead atoms. The number of aryl methyl sites for hydroxylation is 4. The van der Waals surface area contributed by atoms with Gasteiger partial charge in [-0.1, -0.05) is 106 Å². The number of aromatic nitrogens is 8. The average molecular weight is 1400 g/mol. The maximum absolute atomic E-state index is 12.0. The van der Waals surface area contributed by atoms with Gasteiger partial charge in [0.25, 0.3) is 0 Å². The normalized spacial score (nSPS) is 13.3. The molecule has 1 aliphatic rings. The molecule has 1 fully saturated rings. The number of allylic oxidation sites excluding steroid dienone is 1. The molecule has 0 amide bonds. The molecule has 1 N–H and O–H groups in total. The minimum Gasteiger partial charge on any atom is -0.478 e. The molecular weight excluding hydrogens is 1310 g/mol. The Labute approximate surface area is 552 Å². The standard InChI is InChI=1S/C14H18N2O2S.C14H16N2O2S.C12H14N2O2S.C10H19BO3.C10H9ClN2O2S.CH4.CH3.Pd/c2*1-5-8(3)11-10(14(17)18-6-2)7-15-13-12(11)16-9(4)19-13;1-4-6(2)9-8(12(15)16)5-13-11-10(9)14-7(3)17-11;1-8(7-12-6)11-13-9(2,3)10(4,5)14-11;1-3-15-10(14)6-4-12-9-8(7(6)11)13-5(2)16-9;;;/h7-8H,5-6H2,1-4H3;7H,3,5-6H2,1-2,4H3;5-6H,4H2,1-3H3,(H,15,16);1,7H2,2-6H3;4H,3H2,1-2H3;1H4;1H3;/q;;;;;;-1;. The van der Waals surface area contributed by atoms with Gasteiger partial charge in [-0.3, -0.25) is 0 Å². The Morgan fingerprint density at radius 3 is 1.34 bits per heavy atom. The third-order valence-corrected chi connectivity index (χ3v) is 17.7. The van der Waals surface area contributed by atoms with Crippen molar-refractivity contribution in [2.24, 2.45) is 0 Å². The van der Waals surface area contributed by atoms with Crippen molar-refractivity contribution in [1.29, 1.82) is 0 Å². The fourth-order valence-electron chi connectivity index (χ4n) is 8.40. The summed E-state index contributed by atoms with van der Waals surface area (Å²) < 4.78 is 31.6. The maximum Gasteiger partial charge on any atom is 0.492 e. The van der Waals surface area contributed by atoms with Crippen LogP contribution in [-0.4, -0.2) is 121 Å². The summed E-state index contributed by atoms with van der Waals surface area (Å²) in [5.74, 6) is -1.64. The van der Waals surface area contributed by atoms with Gasteiger partial charge in [0.2, 0.25) is 0 Å². The topological polar surface area (TPSA) is 247 Å². The van der Waals surface area contributed by atoms with Gasteiger partial charge in [-0.05, 0) is 129 Å². The van der Waals surface area contributed by atoms with Crippen LogP contribution in [0.3, 0.4) is 0 Å². The Kier molecular flexibility index (Phi) is 31.3. The number of fused-ring (bicyclic) bond motifs is 4. The van der Waals surface area contributed by atoms with E-state index in [0.29, 0.717) is 48.1 Å². The number of carboxylic acid groups (broad SMARTS) is 1. The Morgan fingerprint density at radius 1 is 0.602 bits per heavy atom. The molecule has 482 valence electrons. The number of rotatable bonds is 16. The number of esters is 3. The Bertz CT molecular complexity index is 3700. The number of carbonyl (C=O) groups excluding carboxylic acids is 3. The summed E-state index contributed by atoms with van der Waals surface area (Å²) in [4.78, 5) is 84.7. The van der Waals surface area contributed by atoms with Gasteiger partial charge in [-0.2, -0.15) is 0 Å². The number of hydrogen-bond acceptors (Lipinski definition) is 22. The van der Waals surface area contributed by atoms with Gasteiger partial charge in [-0.15, -0.1) is 6.58 Å². The van der Waals surface area contributed by atoms with E-state index >= 15 is 0 Å². The van der Waals surface area contributed by atoms with Crippen LogP contribution in [0.15, 0.2) is 43.4 Å². The first-order valence-electron chi connectivity index (χ1n) is 27.8. The van der Waals surface area contributed by atoms with Gasteiger partial charge in [0.05, 0.1) is 84.9 Å². The van der Waals surface area contributed by atoms with Crippen molar-refractivity contribution in [3.8, 4) is 0 Å². The number of carboxylic acids is 1. The third kappa shape index (κ3) is 19.0. The first kappa shape index (κ1) is 78.5. The second-order valence-electron chi connectivity index (χ2n) is 20.5. The SMILES string of the molecule is C.C=C(CC)c1c(C(=O)OCC)cnc2sc(C)nc12.C=C(COC)B1OC(C)(C)C(C)(C)O1.CCC(C)c1c(C(=O)O)cnc2sc(C)nc12.CCOC(=O)c1cnc2sc(C)nc2c1C(C)CC.CCOC(=O)c1cnc2sc(C)nc2c1Cl.[CH3-].[Pd]. The van der Waals surface area contributed by atoms with E-state index in [-0.39, 0.29) is 88.5 Å². The van der Waals surface area contributed by atoms with Crippen LogP contribution in [0.1, 0.15) is 200 Å². The van der Waals surface area contributed by atoms with Crippen LogP contribution in [0, 0.1) is 35.1 Å². The fraction of sp³-hybridized carbons (Fsp3) is 0.468. The summed E-state index contributed by atoms with van der Waals surface area (Å²) in [6.07, 6.45) is 8.65. The molecule has 9 rings (SSSR count). The van der Waals surface area contributed by atoms with E-state index in [0.717, 1.165) is 103 Å². The number of aromatic carboxylic acids is 1. The molecule has 26 heteroatoms. The molecule has 8 aromatic rings. The van der Waals surface area contributed by atoms with Crippen molar-refractivity contribution < 1.29 is 73.0 Å². The zero-order valence-electron chi connectivity index (χ0n) is 52.8. The second-order valence-corrected chi connectivity index (χ2v) is 25.6. The van der Waals surface area contributed by atoms with Crippen LogP contribution in [-0.2, 0) is 48.7 Å². The monoisotopic (exact) mass is 1400 g/mol. The Balaban J connectivity index is 0.000000373. The molecule has 2 unspecified atom stereocenters. The minimum absolute atomic E-state index is 0. The molecule has 9 heterocycles. The fourth-order valence-corrected chi connectivity index (χ4v) is 11.8. The van der Waals surface area contributed by atoms with Gasteiger partial charge < -0.3 is 40.8 Å². The van der Waals surface area contributed by atoms with Crippen LogP contribution in [0.2, 0.25) is 5.02 Å². The van der Waals surface area contributed by atoms with Gasteiger partial charge in [0.15, 0.2) is 0 Å². The number of hydrogen-bond donors (Lipinski definition) is 1. The van der Waals surface area contributed by atoms with E-state index in [9.17, 15) is 24.3 Å². The van der Waals surface area contributed by atoms with Crippen molar-refractivity contribution in [2.75, 3.05) is 33.5 Å². The molecule has 0 aromatic carbocycles. The summed E-state index contributed by atoms with van der Waals surface area (Å²) in [6.45, 7) is 40.7. The van der Waals surface area contributed by atoms with Crippen LogP contribution in [0.5, 0.6) is 0 Å². The van der Waals surface area contributed by atoms with Gasteiger partial charge in [0.1, 0.15) is 41.4 Å². The van der Waals surface area contributed by atoms with Crippen molar-refractivity contribution in [3.63, 3.8) is 0 Å². The van der Waals surface area contributed by atoms with Crippen molar-refractivity contribution in [2.45, 2.75) is 161 Å². The maximum atomic E-state index is 12.0. The van der Waals surface area contributed by atoms with Crippen LogP contribution >= 0.6 is 56.9 Å².